The molecule has 108 valence electrons. The second-order valence-corrected chi connectivity index (χ2v) is 5.91. The molecule has 0 bridgehead atoms. The Labute approximate surface area is 115 Å². The molecule has 0 amide bonds. The molecule has 0 aromatic carbocycles. The molecule has 0 spiro atoms. The summed E-state index contributed by atoms with van der Waals surface area (Å²) in [5, 5.41) is 12.6. The number of nitrogens with zero attached hydrogens (tertiary/aromatic N) is 2. The molecule has 1 aromatic heterocycles. The first-order valence-electron chi connectivity index (χ1n) is 6.86. The molecule has 0 aliphatic carbocycles. The Kier molecular flexibility index (Phi) is 5.54. The van der Waals surface area contributed by atoms with E-state index in [1.165, 1.54) is 6.33 Å². The van der Waals surface area contributed by atoms with Crippen molar-refractivity contribution in [3.05, 3.63) is 11.9 Å². The number of hydrogen-bond acceptors (Lipinski definition) is 5. The smallest absolute Gasteiger partial charge is 0.134 e. The number of aliphatic hydroxyl groups is 1. The van der Waals surface area contributed by atoms with Crippen LogP contribution in [0.4, 0.5) is 11.6 Å². The molecule has 1 atom stereocenters. The van der Waals surface area contributed by atoms with E-state index in [1.54, 1.807) is 0 Å². The standard InChI is InChI=1S/C14H26N4O/c1-5-6-10-12(15)16-9-17-13(10)18-11(7-8-19)14(2,3)4/h9,11,19H,5-8H2,1-4H3,(H3,15,16,17,18). The van der Waals surface area contributed by atoms with E-state index in [4.69, 9.17) is 5.73 Å². The third-order valence-electron chi connectivity index (χ3n) is 3.25. The van der Waals surface area contributed by atoms with E-state index in [-0.39, 0.29) is 18.1 Å². The minimum atomic E-state index is 0.0337. The van der Waals surface area contributed by atoms with E-state index in [1.807, 2.05) is 0 Å². The number of aliphatic hydroxyl groups excluding tert-OH is 1. The van der Waals surface area contributed by atoms with Gasteiger partial charge in [0.05, 0.1) is 0 Å². The maximum absolute atomic E-state index is 9.21. The van der Waals surface area contributed by atoms with Gasteiger partial charge in [-0.2, -0.15) is 0 Å². The fraction of sp³-hybridized carbons (Fsp3) is 0.714. The monoisotopic (exact) mass is 266 g/mol. The summed E-state index contributed by atoms with van der Waals surface area (Å²) in [5.41, 5.74) is 6.93. The summed E-state index contributed by atoms with van der Waals surface area (Å²) in [6, 6.07) is 0.141. The lowest BCUT2D eigenvalue weighted by atomic mass is 9.85. The summed E-state index contributed by atoms with van der Waals surface area (Å²) in [6.45, 7) is 8.68. The zero-order chi connectivity index (χ0) is 14.5. The molecule has 1 unspecified atom stereocenters. The molecule has 0 radical (unpaired) electrons. The quantitative estimate of drug-likeness (QED) is 0.735. The average Bonchev–Trinajstić information content (AvgIpc) is 2.31. The number of anilines is 2. The van der Waals surface area contributed by atoms with Crippen molar-refractivity contribution in [1.29, 1.82) is 0 Å². The second kappa shape index (κ2) is 6.70. The van der Waals surface area contributed by atoms with Crippen LogP contribution >= 0.6 is 0 Å². The normalized spacial score (nSPS) is 13.3. The third kappa shape index (κ3) is 4.35. The Balaban J connectivity index is 2.99. The van der Waals surface area contributed by atoms with Gasteiger partial charge in [0.1, 0.15) is 18.0 Å². The lowest BCUT2D eigenvalue weighted by Gasteiger charge is -2.32. The van der Waals surface area contributed by atoms with Gasteiger partial charge < -0.3 is 16.2 Å². The predicted molar refractivity (Wildman–Crippen MR) is 79.0 cm³/mol. The van der Waals surface area contributed by atoms with Gasteiger partial charge in [0.25, 0.3) is 0 Å². The first kappa shape index (κ1) is 15.7. The largest absolute Gasteiger partial charge is 0.396 e. The first-order chi connectivity index (χ1) is 8.90. The second-order valence-electron chi connectivity index (χ2n) is 5.91. The molecule has 5 nitrogen and oxygen atoms in total. The molecule has 1 rings (SSSR count). The van der Waals surface area contributed by atoms with Crippen LogP contribution in [0.15, 0.2) is 6.33 Å². The van der Waals surface area contributed by atoms with Gasteiger partial charge >= 0.3 is 0 Å². The molecular formula is C14H26N4O. The van der Waals surface area contributed by atoms with Crippen molar-refractivity contribution in [3.63, 3.8) is 0 Å². The third-order valence-corrected chi connectivity index (χ3v) is 3.25. The summed E-state index contributed by atoms with van der Waals surface area (Å²) < 4.78 is 0. The van der Waals surface area contributed by atoms with Crippen molar-refractivity contribution < 1.29 is 5.11 Å². The van der Waals surface area contributed by atoms with Gasteiger partial charge in [-0.25, -0.2) is 9.97 Å². The van der Waals surface area contributed by atoms with Crippen LogP contribution < -0.4 is 11.1 Å². The number of nitrogens with one attached hydrogen (secondary N) is 1. The zero-order valence-electron chi connectivity index (χ0n) is 12.4. The highest BCUT2D eigenvalue weighted by molar-refractivity contribution is 5.55. The van der Waals surface area contributed by atoms with Crippen molar-refractivity contribution in [1.82, 2.24) is 9.97 Å². The molecule has 5 heteroatoms. The number of aromatic nitrogens is 2. The molecule has 19 heavy (non-hydrogen) atoms. The van der Waals surface area contributed by atoms with E-state index in [0.29, 0.717) is 12.2 Å². The fourth-order valence-corrected chi connectivity index (χ4v) is 2.06. The van der Waals surface area contributed by atoms with Crippen molar-refractivity contribution >= 4 is 11.6 Å². The van der Waals surface area contributed by atoms with Crippen LogP contribution in [-0.2, 0) is 6.42 Å². The summed E-state index contributed by atoms with van der Waals surface area (Å²) in [6.07, 6.45) is 4.01. The van der Waals surface area contributed by atoms with Gasteiger partial charge in [-0.05, 0) is 18.3 Å². The van der Waals surface area contributed by atoms with E-state index in [9.17, 15) is 5.11 Å². The Morgan fingerprint density at radius 3 is 2.58 bits per heavy atom. The molecule has 0 fully saturated rings. The van der Waals surface area contributed by atoms with Crippen LogP contribution in [0, 0.1) is 5.41 Å². The highest BCUT2D eigenvalue weighted by Crippen LogP contribution is 2.27. The Morgan fingerprint density at radius 1 is 1.37 bits per heavy atom. The molecule has 0 aliphatic rings. The van der Waals surface area contributed by atoms with Crippen LogP contribution in [0.1, 0.15) is 46.1 Å². The molecule has 1 aromatic rings. The van der Waals surface area contributed by atoms with E-state index >= 15 is 0 Å². The minimum Gasteiger partial charge on any atom is -0.396 e. The first-order valence-corrected chi connectivity index (χ1v) is 6.86. The topological polar surface area (TPSA) is 84.1 Å². The van der Waals surface area contributed by atoms with Crippen molar-refractivity contribution in [2.45, 2.75) is 53.0 Å². The summed E-state index contributed by atoms with van der Waals surface area (Å²) in [5.74, 6) is 1.33. The number of rotatable bonds is 6. The SMILES string of the molecule is CCCc1c(N)ncnc1NC(CCO)C(C)(C)C. The highest BCUT2D eigenvalue weighted by Gasteiger charge is 2.25. The van der Waals surface area contributed by atoms with Gasteiger partial charge in [0.15, 0.2) is 0 Å². The van der Waals surface area contributed by atoms with E-state index < -0.39 is 0 Å². The number of nitrogen functional groups attached to an aromatic ring is 1. The van der Waals surface area contributed by atoms with Gasteiger partial charge in [0.2, 0.25) is 0 Å². The van der Waals surface area contributed by atoms with Crippen LogP contribution in [0.2, 0.25) is 0 Å². The molecule has 0 aliphatic heterocycles. The molecule has 4 N–H and O–H groups in total. The van der Waals surface area contributed by atoms with Gasteiger partial charge in [-0.3, -0.25) is 0 Å². The fourth-order valence-electron chi connectivity index (χ4n) is 2.06. The van der Waals surface area contributed by atoms with Crippen LogP contribution in [-0.4, -0.2) is 27.7 Å². The molecule has 0 saturated carbocycles. The Bertz CT molecular complexity index is 401. The molecular weight excluding hydrogens is 240 g/mol. The summed E-state index contributed by atoms with van der Waals surface area (Å²) >= 11 is 0. The number of nitrogens with two attached hydrogens (primary N) is 1. The molecule has 1 heterocycles. The van der Waals surface area contributed by atoms with Gasteiger partial charge in [-0.15, -0.1) is 0 Å². The van der Waals surface area contributed by atoms with E-state index in [2.05, 4.69) is 43.0 Å². The Morgan fingerprint density at radius 2 is 2.05 bits per heavy atom. The van der Waals surface area contributed by atoms with Gasteiger partial charge in [-0.1, -0.05) is 34.1 Å². The number of hydrogen-bond donors (Lipinski definition) is 3. The summed E-state index contributed by atoms with van der Waals surface area (Å²) in [7, 11) is 0. The Hall–Kier alpha value is -1.36. The van der Waals surface area contributed by atoms with Crippen LogP contribution in [0.25, 0.3) is 0 Å². The lowest BCUT2D eigenvalue weighted by Crippen LogP contribution is -2.35. The molecule has 0 saturated heterocycles. The van der Waals surface area contributed by atoms with Crippen molar-refractivity contribution in [3.8, 4) is 0 Å². The average molecular weight is 266 g/mol. The van der Waals surface area contributed by atoms with Crippen LogP contribution in [0.3, 0.4) is 0 Å². The highest BCUT2D eigenvalue weighted by atomic mass is 16.3. The maximum atomic E-state index is 9.21. The van der Waals surface area contributed by atoms with Gasteiger partial charge in [0, 0.05) is 18.2 Å². The van der Waals surface area contributed by atoms with E-state index in [0.717, 1.165) is 24.2 Å². The van der Waals surface area contributed by atoms with Crippen molar-refractivity contribution in [2.24, 2.45) is 5.41 Å². The summed E-state index contributed by atoms with van der Waals surface area (Å²) in [4.78, 5) is 8.36. The minimum absolute atomic E-state index is 0.0337. The predicted octanol–water partition coefficient (Wildman–Crippen LogP) is 2.22. The van der Waals surface area contributed by atoms with Crippen molar-refractivity contribution in [2.75, 3.05) is 17.7 Å². The van der Waals surface area contributed by atoms with Crippen LogP contribution in [0.5, 0.6) is 0 Å². The maximum Gasteiger partial charge on any atom is 0.134 e. The zero-order valence-corrected chi connectivity index (χ0v) is 12.4. The lowest BCUT2D eigenvalue weighted by molar-refractivity contribution is 0.235.